The molecule has 0 saturated heterocycles. The second kappa shape index (κ2) is 11.7. The summed E-state index contributed by atoms with van der Waals surface area (Å²) in [4.78, 5) is 27.2. The predicted octanol–water partition coefficient (Wildman–Crippen LogP) is 7.57. The van der Waals surface area contributed by atoms with E-state index >= 15 is 0 Å². The number of amides is 2. The molecule has 188 valence electrons. The summed E-state index contributed by atoms with van der Waals surface area (Å²) < 4.78 is 5.21. The van der Waals surface area contributed by atoms with Crippen LogP contribution in [0.2, 0.25) is 0 Å². The smallest absolute Gasteiger partial charge is 0.255 e. The molecule has 0 heterocycles. The van der Waals surface area contributed by atoms with E-state index in [1.54, 1.807) is 7.11 Å². The number of nitrogens with one attached hydrogen (secondary N) is 2. The number of rotatable bonds is 8. The number of ether oxygens (including phenoxy) is 1. The standard InChI is InChI=1S/C32H26N2O3S/c1-37-28-18-16-26(17-19-28)33-32(36)30(23-9-3-2-4-10-23)38-29-13-7-12-27(21-29)34-31(35)25-15-14-22-8-5-6-11-24(22)20-25/h2-21,30H,1H3,(H,33,36)(H,34,35). The van der Waals surface area contributed by atoms with E-state index in [2.05, 4.69) is 10.6 Å². The summed E-state index contributed by atoms with van der Waals surface area (Å²) >= 11 is 1.43. The number of hydrogen-bond donors (Lipinski definition) is 2. The van der Waals surface area contributed by atoms with Crippen LogP contribution in [0.3, 0.4) is 0 Å². The average molecular weight is 519 g/mol. The normalized spacial score (nSPS) is 11.5. The fraction of sp³-hybridized carbons (Fsp3) is 0.0625. The highest BCUT2D eigenvalue weighted by Gasteiger charge is 2.22. The van der Waals surface area contributed by atoms with E-state index in [1.807, 2.05) is 121 Å². The van der Waals surface area contributed by atoms with Crippen molar-refractivity contribution >= 4 is 45.7 Å². The molecule has 1 unspecified atom stereocenters. The van der Waals surface area contributed by atoms with Gasteiger partial charge in [-0.3, -0.25) is 9.59 Å². The molecule has 6 heteroatoms. The van der Waals surface area contributed by atoms with Gasteiger partial charge in [0.25, 0.3) is 5.91 Å². The Kier molecular flexibility index (Phi) is 7.71. The van der Waals surface area contributed by atoms with Crippen molar-refractivity contribution in [1.82, 2.24) is 0 Å². The minimum absolute atomic E-state index is 0.142. The van der Waals surface area contributed by atoms with Crippen molar-refractivity contribution in [2.75, 3.05) is 17.7 Å². The van der Waals surface area contributed by atoms with Gasteiger partial charge in [-0.25, -0.2) is 0 Å². The van der Waals surface area contributed by atoms with Crippen LogP contribution in [0.4, 0.5) is 11.4 Å². The molecular formula is C32H26N2O3S. The van der Waals surface area contributed by atoms with Crippen molar-refractivity contribution in [3.63, 3.8) is 0 Å². The molecule has 1 atom stereocenters. The molecule has 0 fully saturated rings. The van der Waals surface area contributed by atoms with Crippen LogP contribution < -0.4 is 15.4 Å². The average Bonchev–Trinajstić information content (AvgIpc) is 2.96. The maximum atomic E-state index is 13.4. The highest BCUT2D eigenvalue weighted by Crippen LogP contribution is 2.37. The molecule has 2 amide bonds. The predicted molar refractivity (Wildman–Crippen MR) is 155 cm³/mol. The first-order valence-corrected chi connectivity index (χ1v) is 13.0. The van der Waals surface area contributed by atoms with Crippen LogP contribution in [-0.2, 0) is 4.79 Å². The van der Waals surface area contributed by atoms with E-state index in [0.717, 1.165) is 27.0 Å². The van der Waals surface area contributed by atoms with Crippen molar-refractivity contribution in [1.29, 1.82) is 0 Å². The molecule has 0 aromatic heterocycles. The molecule has 0 spiro atoms. The molecular weight excluding hydrogens is 492 g/mol. The van der Waals surface area contributed by atoms with Crippen LogP contribution >= 0.6 is 11.8 Å². The molecule has 0 bridgehead atoms. The summed E-state index contributed by atoms with van der Waals surface area (Å²) in [5.74, 6) is 0.395. The van der Waals surface area contributed by atoms with Crippen molar-refractivity contribution in [3.05, 3.63) is 132 Å². The van der Waals surface area contributed by atoms with Gasteiger partial charge in [0.1, 0.15) is 11.0 Å². The highest BCUT2D eigenvalue weighted by molar-refractivity contribution is 8.00. The van der Waals surface area contributed by atoms with Gasteiger partial charge >= 0.3 is 0 Å². The Hall–Kier alpha value is -4.55. The number of thioether (sulfide) groups is 1. The lowest BCUT2D eigenvalue weighted by atomic mass is 10.1. The van der Waals surface area contributed by atoms with Gasteiger partial charge in [0.2, 0.25) is 5.91 Å². The Morgan fingerprint density at radius 1 is 0.684 bits per heavy atom. The lowest BCUT2D eigenvalue weighted by Gasteiger charge is -2.18. The molecule has 38 heavy (non-hydrogen) atoms. The SMILES string of the molecule is COc1ccc(NC(=O)C(Sc2cccc(NC(=O)c3ccc4ccccc4c3)c2)c2ccccc2)cc1. The monoisotopic (exact) mass is 518 g/mol. The number of hydrogen-bond acceptors (Lipinski definition) is 4. The van der Waals surface area contributed by atoms with E-state index in [9.17, 15) is 9.59 Å². The zero-order valence-corrected chi connectivity index (χ0v) is 21.6. The third kappa shape index (κ3) is 6.05. The van der Waals surface area contributed by atoms with Crippen molar-refractivity contribution in [2.24, 2.45) is 0 Å². The largest absolute Gasteiger partial charge is 0.497 e. The summed E-state index contributed by atoms with van der Waals surface area (Å²) in [6, 6.07) is 38.0. The van der Waals surface area contributed by atoms with Crippen molar-refractivity contribution in [3.8, 4) is 5.75 Å². The van der Waals surface area contributed by atoms with Gasteiger partial charge in [0.05, 0.1) is 7.11 Å². The molecule has 0 aliphatic rings. The number of methoxy groups -OCH3 is 1. The Morgan fingerprint density at radius 3 is 2.18 bits per heavy atom. The van der Waals surface area contributed by atoms with Crippen molar-refractivity contribution < 1.29 is 14.3 Å². The van der Waals surface area contributed by atoms with Gasteiger partial charge in [-0.05, 0) is 70.9 Å². The Balaban J connectivity index is 1.34. The zero-order valence-electron chi connectivity index (χ0n) is 20.8. The summed E-state index contributed by atoms with van der Waals surface area (Å²) in [5, 5.41) is 7.60. The number of anilines is 2. The molecule has 0 radical (unpaired) electrons. The molecule has 0 aliphatic carbocycles. The third-order valence-electron chi connectivity index (χ3n) is 6.06. The Bertz CT molecular complexity index is 1570. The summed E-state index contributed by atoms with van der Waals surface area (Å²) in [5.41, 5.74) is 2.82. The molecule has 0 saturated carbocycles. The first-order chi connectivity index (χ1) is 18.6. The molecule has 0 aliphatic heterocycles. The van der Waals surface area contributed by atoms with E-state index in [0.29, 0.717) is 16.9 Å². The molecule has 5 aromatic rings. The molecule has 5 rings (SSSR count). The molecule has 5 nitrogen and oxygen atoms in total. The first-order valence-electron chi connectivity index (χ1n) is 12.2. The Morgan fingerprint density at radius 2 is 1.42 bits per heavy atom. The van der Waals surface area contributed by atoms with Gasteiger partial charge in [-0.2, -0.15) is 0 Å². The Labute approximate surface area is 225 Å². The maximum Gasteiger partial charge on any atom is 0.255 e. The summed E-state index contributed by atoms with van der Waals surface area (Å²) in [6.07, 6.45) is 0. The van der Waals surface area contributed by atoms with Crippen LogP contribution in [0.5, 0.6) is 5.75 Å². The zero-order chi connectivity index (χ0) is 26.3. The fourth-order valence-corrected chi connectivity index (χ4v) is 5.18. The summed E-state index contributed by atoms with van der Waals surface area (Å²) in [7, 11) is 1.61. The van der Waals surface area contributed by atoms with E-state index in [1.165, 1.54) is 11.8 Å². The fourth-order valence-electron chi connectivity index (χ4n) is 4.10. The van der Waals surface area contributed by atoms with Gasteiger partial charge in [0, 0.05) is 21.8 Å². The van der Waals surface area contributed by atoms with Crippen LogP contribution in [0.15, 0.2) is 126 Å². The quantitative estimate of drug-likeness (QED) is 0.208. The van der Waals surface area contributed by atoms with E-state index in [4.69, 9.17) is 4.74 Å². The van der Waals surface area contributed by atoms with Crippen LogP contribution in [0.1, 0.15) is 21.2 Å². The van der Waals surface area contributed by atoms with Gasteiger partial charge < -0.3 is 15.4 Å². The number of benzene rings is 5. The van der Waals surface area contributed by atoms with Crippen LogP contribution in [0.25, 0.3) is 10.8 Å². The van der Waals surface area contributed by atoms with Crippen LogP contribution in [0, 0.1) is 0 Å². The van der Waals surface area contributed by atoms with E-state index in [-0.39, 0.29) is 11.8 Å². The second-order valence-electron chi connectivity index (χ2n) is 8.67. The van der Waals surface area contributed by atoms with Crippen LogP contribution in [-0.4, -0.2) is 18.9 Å². The second-order valence-corrected chi connectivity index (χ2v) is 9.85. The lowest BCUT2D eigenvalue weighted by molar-refractivity contribution is -0.115. The maximum absolute atomic E-state index is 13.4. The van der Waals surface area contributed by atoms with Crippen molar-refractivity contribution in [2.45, 2.75) is 10.1 Å². The number of fused-ring (bicyclic) bond motifs is 1. The topological polar surface area (TPSA) is 67.4 Å². The lowest BCUT2D eigenvalue weighted by Crippen LogP contribution is -2.19. The minimum Gasteiger partial charge on any atom is -0.497 e. The van der Waals surface area contributed by atoms with Gasteiger partial charge in [-0.1, -0.05) is 66.7 Å². The minimum atomic E-state index is -0.496. The van der Waals surface area contributed by atoms with E-state index < -0.39 is 5.25 Å². The van der Waals surface area contributed by atoms with Gasteiger partial charge in [-0.15, -0.1) is 11.8 Å². The first kappa shape index (κ1) is 25.1. The van der Waals surface area contributed by atoms with Gasteiger partial charge in [0.15, 0.2) is 0 Å². The highest BCUT2D eigenvalue weighted by atomic mass is 32.2. The number of carbonyl (C=O) groups excluding carboxylic acids is 2. The summed E-state index contributed by atoms with van der Waals surface area (Å²) in [6.45, 7) is 0. The molecule has 2 N–H and O–H groups in total. The third-order valence-corrected chi connectivity index (χ3v) is 7.30. The molecule has 5 aromatic carbocycles. The number of carbonyl (C=O) groups is 2.